The number of carbonyl (C=O) groups is 1. The van der Waals surface area contributed by atoms with Gasteiger partial charge in [-0.15, -0.1) is 0 Å². The first kappa shape index (κ1) is 20.4. The van der Waals surface area contributed by atoms with Gasteiger partial charge in [-0.25, -0.2) is 0 Å². The number of ether oxygens (including phenoxy) is 2. The Morgan fingerprint density at radius 2 is 1.70 bits per heavy atom. The van der Waals surface area contributed by atoms with Gasteiger partial charge in [0.25, 0.3) is 5.91 Å². The van der Waals surface area contributed by atoms with Gasteiger partial charge in [0.05, 0.1) is 6.61 Å². The first-order valence-corrected chi connectivity index (χ1v) is 10.2. The molecule has 6 nitrogen and oxygen atoms in total. The van der Waals surface area contributed by atoms with E-state index in [-0.39, 0.29) is 5.91 Å². The van der Waals surface area contributed by atoms with Gasteiger partial charge in [0.1, 0.15) is 5.75 Å². The molecule has 1 atom stereocenters. The van der Waals surface area contributed by atoms with Crippen molar-refractivity contribution in [2.24, 2.45) is 0 Å². The summed E-state index contributed by atoms with van der Waals surface area (Å²) >= 11 is 5.88. The molecule has 150 valence electrons. The summed E-state index contributed by atoms with van der Waals surface area (Å²) < 4.78 is 11.3. The molecule has 2 aliphatic rings. The molecule has 0 bridgehead atoms. The minimum absolute atomic E-state index is 0.0502. The van der Waals surface area contributed by atoms with Crippen LogP contribution in [0.5, 0.6) is 5.75 Å². The molecule has 0 unspecified atom stereocenters. The fraction of sp³-hybridized carbons (Fsp3) is 0.650. The number of piperazine rings is 1. The van der Waals surface area contributed by atoms with Crippen molar-refractivity contribution in [2.75, 3.05) is 65.6 Å². The molecule has 27 heavy (non-hydrogen) atoms. The predicted molar refractivity (Wildman–Crippen MR) is 106 cm³/mol. The van der Waals surface area contributed by atoms with Crippen molar-refractivity contribution in [3.8, 4) is 5.75 Å². The van der Waals surface area contributed by atoms with Crippen LogP contribution in [0.4, 0.5) is 0 Å². The van der Waals surface area contributed by atoms with Gasteiger partial charge in [-0.2, -0.15) is 0 Å². The third kappa shape index (κ3) is 6.35. The third-order valence-electron chi connectivity index (χ3n) is 5.21. The molecule has 1 aromatic carbocycles. The van der Waals surface area contributed by atoms with Gasteiger partial charge in [-0.05, 0) is 37.6 Å². The topological polar surface area (TPSA) is 45.2 Å². The number of hydrogen-bond donors (Lipinski definition) is 0. The quantitative estimate of drug-likeness (QED) is 0.737. The van der Waals surface area contributed by atoms with Gasteiger partial charge in [-0.1, -0.05) is 11.6 Å². The lowest BCUT2D eigenvalue weighted by molar-refractivity contribution is -0.139. The Kier molecular flexibility index (Phi) is 7.76. The highest BCUT2D eigenvalue weighted by Crippen LogP contribution is 2.17. The summed E-state index contributed by atoms with van der Waals surface area (Å²) in [5, 5.41) is 0.658. The molecule has 0 saturated carbocycles. The zero-order valence-corrected chi connectivity index (χ0v) is 16.9. The highest BCUT2D eigenvalue weighted by atomic mass is 35.5. The van der Waals surface area contributed by atoms with Gasteiger partial charge >= 0.3 is 0 Å². The molecule has 0 aromatic heterocycles. The second kappa shape index (κ2) is 10.3. The van der Waals surface area contributed by atoms with Crippen LogP contribution in [0.2, 0.25) is 5.02 Å². The van der Waals surface area contributed by atoms with Crippen molar-refractivity contribution in [1.82, 2.24) is 14.7 Å². The lowest BCUT2D eigenvalue weighted by Gasteiger charge is -2.36. The summed E-state index contributed by atoms with van der Waals surface area (Å²) in [7, 11) is 0. The molecule has 0 N–H and O–H groups in total. The normalized spacial score (nSPS) is 20.9. The number of rotatable bonds is 6. The Labute approximate surface area is 167 Å². The number of hydrogen-bond acceptors (Lipinski definition) is 5. The summed E-state index contributed by atoms with van der Waals surface area (Å²) in [5.41, 5.74) is 0. The molecule has 1 amide bonds. The van der Waals surface area contributed by atoms with E-state index in [0.29, 0.717) is 10.8 Å². The van der Waals surface area contributed by atoms with Crippen molar-refractivity contribution in [2.45, 2.75) is 19.4 Å². The second-order valence-electron chi connectivity index (χ2n) is 7.19. The molecule has 2 aliphatic heterocycles. The van der Waals surface area contributed by atoms with Crippen LogP contribution < -0.4 is 4.74 Å². The Morgan fingerprint density at radius 1 is 1.04 bits per heavy atom. The van der Waals surface area contributed by atoms with Crippen LogP contribution in [0.15, 0.2) is 24.3 Å². The van der Waals surface area contributed by atoms with E-state index in [4.69, 9.17) is 21.1 Å². The fourth-order valence-electron chi connectivity index (χ4n) is 3.52. The maximum atomic E-state index is 12.7. The van der Waals surface area contributed by atoms with E-state index in [2.05, 4.69) is 9.80 Å². The molecular formula is C20H30ClN3O3. The fourth-order valence-corrected chi connectivity index (χ4v) is 3.65. The van der Waals surface area contributed by atoms with Crippen molar-refractivity contribution in [1.29, 1.82) is 0 Å². The second-order valence-corrected chi connectivity index (χ2v) is 7.62. The van der Waals surface area contributed by atoms with Crippen LogP contribution in [-0.4, -0.2) is 92.3 Å². The first-order chi connectivity index (χ1) is 13.1. The number of nitrogens with zero attached hydrogens (tertiary/aromatic N) is 3. The Hall–Kier alpha value is -1.34. The Morgan fingerprint density at radius 3 is 2.41 bits per heavy atom. The lowest BCUT2D eigenvalue weighted by Crippen LogP contribution is -2.53. The van der Waals surface area contributed by atoms with Crippen LogP contribution in [0, 0.1) is 0 Å². The molecular weight excluding hydrogens is 366 g/mol. The van der Waals surface area contributed by atoms with Gasteiger partial charge < -0.3 is 14.4 Å². The van der Waals surface area contributed by atoms with Crippen molar-refractivity contribution >= 4 is 17.5 Å². The van der Waals surface area contributed by atoms with E-state index in [0.717, 1.165) is 72.0 Å². The maximum Gasteiger partial charge on any atom is 0.263 e. The van der Waals surface area contributed by atoms with Crippen LogP contribution in [0.25, 0.3) is 0 Å². The smallest absolute Gasteiger partial charge is 0.263 e. The van der Waals surface area contributed by atoms with Gasteiger partial charge in [0, 0.05) is 64.0 Å². The van der Waals surface area contributed by atoms with Crippen LogP contribution in [0.3, 0.4) is 0 Å². The first-order valence-electron chi connectivity index (χ1n) is 9.85. The van der Waals surface area contributed by atoms with E-state index < -0.39 is 6.10 Å². The van der Waals surface area contributed by atoms with Gasteiger partial charge in [-0.3, -0.25) is 14.6 Å². The van der Waals surface area contributed by atoms with E-state index in [1.807, 2.05) is 11.8 Å². The SMILES string of the molecule is C[C@H](Oc1ccc(Cl)cc1)C(=O)N1CCN(CCN2CCCOCC2)CC1. The van der Waals surface area contributed by atoms with E-state index >= 15 is 0 Å². The lowest BCUT2D eigenvalue weighted by atomic mass is 10.2. The summed E-state index contributed by atoms with van der Waals surface area (Å²) in [4.78, 5) is 19.5. The zero-order chi connectivity index (χ0) is 19.1. The number of benzene rings is 1. The standard InChI is InChI=1S/C20H30ClN3O3/c1-17(27-19-5-3-18(21)4-6-19)20(25)24-12-10-23(11-13-24)9-8-22-7-2-15-26-16-14-22/h3-6,17H,2,7-16H2,1H3/t17-/m0/s1. The molecule has 7 heteroatoms. The van der Waals surface area contributed by atoms with E-state index in [1.54, 1.807) is 24.3 Å². The zero-order valence-electron chi connectivity index (χ0n) is 16.1. The summed E-state index contributed by atoms with van der Waals surface area (Å²) in [6, 6.07) is 7.11. The average Bonchev–Trinajstić information content (AvgIpc) is 2.97. The number of carbonyl (C=O) groups excluding carboxylic acids is 1. The molecule has 0 aliphatic carbocycles. The molecule has 1 aromatic rings. The molecule has 3 rings (SSSR count). The molecule has 0 radical (unpaired) electrons. The Balaban J connectivity index is 1.38. The third-order valence-corrected chi connectivity index (χ3v) is 5.46. The molecule has 2 fully saturated rings. The number of halogens is 1. The van der Waals surface area contributed by atoms with E-state index in [9.17, 15) is 4.79 Å². The minimum atomic E-state index is -0.491. The average molecular weight is 396 g/mol. The molecule has 0 spiro atoms. The van der Waals surface area contributed by atoms with E-state index in [1.165, 1.54) is 0 Å². The highest BCUT2D eigenvalue weighted by Gasteiger charge is 2.26. The van der Waals surface area contributed by atoms with Gasteiger partial charge in [0.15, 0.2) is 6.10 Å². The monoisotopic (exact) mass is 395 g/mol. The van der Waals surface area contributed by atoms with Crippen LogP contribution in [-0.2, 0) is 9.53 Å². The van der Waals surface area contributed by atoms with Crippen LogP contribution >= 0.6 is 11.6 Å². The summed E-state index contributed by atoms with van der Waals surface area (Å²) in [6.45, 7) is 11.2. The molecule has 2 saturated heterocycles. The van der Waals surface area contributed by atoms with Crippen molar-refractivity contribution < 1.29 is 14.3 Å². The highest BCUT2D eigenvalue weighted by molar-refractivity contribution is 6.30. The van der Waals surface area contributed by atoms with Gasteiger partial charge in [0.2, 0.25) is 0 Å². The predicted octanol–water partition coefficient (Wildman–Crippen LogP) is 1.97. The largest absolute Gasteiger partial charge is 0.481 e. The Bertz CT molecular complexity index is 583. The molecule has 2 heterocycles. The number of amides is 1. The maximum absolute atomic E-state index is 12.7. The minimum Gasteiger partial charge on any atom is -0.481 e. The van der Waals surface area contributed by atoms with Crippen molar-refractivity contribution in [3.05, 3.63) is 29.3 Å². The van der Waals surface area contributed by atoms with Crippen molar-refractivity contribution in [3.63, 3.8) is 0 Å². The summed E-state index contributed by atoms with van der Waals surface area (Å²) in [5.74, 6) is 0.717. The summed E-state index contributed by atoms with van der Waals surface area (Å²) in [6.07, 6.45) is 0.628. The van der Waals surface area contributed by atoms with Crippen LogP contribution in [0.1, 0.15) is 13.3 Å².